The molecule has 4 aliphatic carbocycles. The Bertz CT molecular complexity index is 619. The third-order valence-electron chi connectivity index (χ3n) is 5.44. The molecular weight excluding hydrogens is 336 g/mol. The number of nitrogens with one attached hydrogen (secondary N) is 1. The molecule has 5 rings (SSSR count). The van der Waals surface area contributed by atoms with E-state index in [1.54, 1.807) is 11.6 Å². The largest absolute Gasteiger partial charge is 0.455 e. The van der Waals surface area contributed by atoms with Crippen LogP contribution in [0.2, 0.25) is 0 Å². The number of esters is 1. The molecule has 5 nitrogen and oxygen atoms in total. The predicted molar refractivity (Wildman–Crippen MR) is 87.4 cm³/mol. The number of carbonyl (C=O) groups excluding carboxylic acids is 2. The van der Waals surface area contributed by atoms with Gasteiger partial charge in [0.1, 0.15) is 0 Å². The Morgan fingerprint density at radius 2 is 2.09 bits per heavy atom. The number of amides is 1. The van der Waals surface area contributed by atoms with Crippen LogP contribution in [0.5, 0.6) is 0 Å². The van der Waals surface area contributed by atoms with Crippen molar-refractivity contribution in [3.63, 3.8) is 0 Å². The van der Waals surface area contributed by atoms with E-state index in [0.29, 0.717) is 23.4 Å². The standard InChI is InChI=1S/C16H19ClN2O3S/c17-16-6-10-3-11(7-16)5-15(4-10,9-16)13(21)22-8-12(20)19-14-18-1-2-23-14/h1-2,10-11H,3-9H2,(H,18,19,20)/t10-,11+,15?,16?. The Morgan fingerprint density at radius 3 is 2.70 bits per heavy atom. The fourth-order valence-electron chi connectivity index (χ4n) is 5.11. The van der Waals surface area contributed by atoms with Crippen LogP contribution in [0, 0.1) is 17.3 Å². The SMILES string of the molecule is O=C(COC(=O)C12C[C@@H]3C[C@@H](CC(Cl)(C3)C1)C2)Nc1nccs1. The molecule has 1 heterocycles. The first kappa shape index (κ1) is 15.4. The molecule has 1 aromatic rings. The summed E-state index contributed by atoms with van der Waals surface area (Å²) in [6.07, 6.45) is 7.27. The van der Waals surface area contributed by atoms with Crippen LogP contribution >= 0.6 is 22.9 Å². The maximum atomic E-state index is 12.7. The smallest absolute Gasteiger partial charge is 0.312 e. The molecule has 23 heavy (non-hydrogen) atoms. The Balaban J connectivity index is 1.38. The number of alkyl halides is 1. The Kier molecular flexibility index (Phi) is 3.65. The zero-order chi connectivity index (χ0) is 16.1. The highest BCUT2D eigenvalue weighted by atomic mass is 35.5. The number of thiazole rings is 1. The zero-order valence-corrected chi connectivity index (χ0v) is 14.3. The van der Waals surface area contributed by atoms with Gasteiger partial charge in [-0.2, -0.15) is 0 Å². The van der Waals surface area contributed by atoms with Crippen LogP contribution in [0.1, 0.15) is 38.5 Å². The third-order valence-corrected chi connectivity index (χ3v) is 6.57. The van der Waals surface area contributed by atoms with Gasteiger partial charge in [-0.15, -0.1) is 22.9 Å². The number of ether oxygens (including phenoxy) is 1. The topological polar surface area (TPSA) is 68.3 Å². The summed E-state index contributed by atoms with van der Waals surface area (Å²) in [4.78, 5) is 28.3. The number of nitrogens with zero attached hydrogens (tertiary/aromatic N) is 1. The number of aromatic nitrogens is 1. The van der Waals surface area contributed by atoms with Crippen molar-refractivity contribution in [3.8, 4) is 0 Å². The molecule has 0 radical (unpaired) electrons. The van der Waals surface area contributed by atoms with Gasteiger partial charge >= 0.3 is 5.97 Å². The maximum Gasteiger partial charge on any atom is 0.312 e. The van der Waals surface area contributed by atoms with E-state index in [2.05, 4.69) is 10.3 Å². The maximum absolute atomic E-state index is 12.7. The average molecular weight is 355 g/mol. The molecule has 0 spiro atoms. The lowest BCUT2D eigenvalue weighted by molar-refractivity contribution is -0.171. The average Bonchev–Trinajstić information content (AvgIpc) is 2.95. The Hall–Kier alpha value is -1.14. The monoisotopic (exact) mass is 354 g/mol. The van der Waals surface area contributed by atoms with E-state index in [0.717, 1.165) is 25.7 Å². The van der Waals surface area contributed by atoms with E-state index in [9.17, 15) is 9.59 Å². The molecule has 4 aliphatic rings. The summed E-state index contributed by atoms with van der Waals surface area (Å²) in [5, 5.41) is 4.91. The molecule has 124 valence electrons. The lowest BCUT2D eigenvalue weighted by Crippen LogP contribution is -2.56. The first-order chi connectivity index (χ1) is 11.0. The predicted octanol–water partition coefficient (Wildman–Crippen LogP) is 3.20. The second-order valence-corrected chi connectivity index (χ2v) is 9.05. The number of rotatable bonds is 4. The van der Waals surface area contributed by atoms with Crippen LogP contribution in [0.15, 0.2) is 11.6 Å². The molecule has 4 saturated carbocycles. The number of carbonyl (C=O) groups is 2. The summed E-state index contributed by atoms with van der Waals surface area (Å²) in [6, 6.07) is 0. The molecule has 4 atom stereocenters. The lowest BCUT2D eigenvalue weighted by Gasteiger charge is -2.58. The molecule has 0 aliphatic heterocycles. The lowest BCUT2D eigenvalue weighted by atomic mass is 9.49. The van der Waals surface area contributed by atoms with Gasteiger partial charge in [0.25, 0.3) is 5.91 Å². The van der Waals surface area contributed by atoms with Crippen LogP contribution in [0.25, 0.3) is 0 Å². The van der Waals surface area contributed by atoms with E-state index in [4.69, 9.17) is 16.3 Å². The van der Waals surface area contributed by atoms with E-state index in [1.807, 2.05) is 0 Å². The Labute approximate surface area is 143 Å². The molecule has 1 amide bonds. The van der Waals surface area contributed by atoms with Crippen LogP contribution in [-0.2, 0) is 14.3 Å². The van der Waals surface area contributed by atoms with Gasteiger partial charge in [0.2, 0.25) is 0 Å². The van der Waals surface area contributed by atoms with E-state index >= 15 is 0 Å². The summed E-state index contributed by atoms with van der Waals surface area (Å²) in [5.41, 5.74) is -0.465. The molecule has 1 aromatic heterocycles. The van der Waals surface area contributed by atoms with Crippen molar-refractivity contribution >= 4 is 39.9 Å². The minimum atomic E-state index is -0.465. The first-order valence-corrected chi connectivity index (χ1v) is 9.28. The van der Waals surface area contributed by atoms with Crippen LogP contribution in [0.3, 0.4) is 0 Å². The second kappa shape index (κ2) is 5.45. The van der Waals surface area contributed by atoms with E-state index in [-0.39, 0.29) is 23.4 Å². The third kappa shape index (κ3) is 2.87. The quantitative estimate of drug-likeness (QED) is 0.666. The van der Waals surface area contributed by atoms with Crippen molar-refractivity contribution < 1.29 is 14.3 Å². The second-order valence-electron chi connectivity index (χ2n) is 7.35. The number of hydrogen-bond acceptors (Lipinski definition) is 5. The minimum absolute atomic E-state index is 0.230. The molecular formula is C16H19ClN2O3S. The van der Waals surface area contributed by atoms with Crippen molar-refractivity contribution in [3.05, 3.63) is 11.6 Å². The molecule has 2 unspecified atom stereocenters. The highest BCUT2D eigenvalue weighted by Gasteiger charge is 2.60. The van der Waals surface area contributed by atoms with Gasteiger partial charge in [0, 0.05) is 16.5 Å². The minimum Gasteiger partial charge on any atom is -0.455 e. The molecule has 1 N–H and O–H groups in total. The van der Waals surface area contributed by atoms with Gasteiger partial charge in [-0.05, 0) is 50.4 Å². The van der Waals surface area contributed by atoms with Crippen molar-refractivity contribution in [1.82, 2.24) is 4.98 Å². The normalized spacial score (nSPS) is 37.6. The first-order valence-electron chi connectivity index (χ1n) is 8.02. The molecule has 0 saturated heterocycles. The van der Waals surface area contributed by atoms with Crippen LogP contribution < -0.4 is 5.32 Å². The number of halogens is 1. The molecule has 0 aromatic carbocycles. The molecule has 4 fully saturated rings. The molecule has 7 heteroatoms. The van der Waals surface area contributed by atoms with Crippen molar-refractivity contribution in [2.75, 3.05) is 11.9 Å². The van der Waals surface area contributed by atoms with Gasteiger partial charge in [-0.1, -0.05) is 0 Å². The van der Waals surface area contributed by atoms with Crippen molar-refractivity contribution in [2.45, 2.75) is 43.4 Å². The van der Waals surface area contributed by atoms with Crippen LogP contribution in [-0.4, -0.2) is 28.3 Å². The van der Waals surface area contributed by atoms with Crippen molar-refractivity contribution in [1.29, 1.82) is 0 Å². The van der Waals surface area contributed by atoms with Gasteiger partial charge in [-0.3, -0.25) is 14.9 Å². The fourth-order valence-corrected chi connectivity index (χ4v) is 6.35. The van der Waals surface area contributed by atoms with Gasteiger partial charge in [0.05, 0.1) is 5.41 Å². The van der Waals surface area contributed by atoms with Crippen molar-refractivity contribution in [2.24, 2.45) is 17.3 Å². The summed E-state index contributed by atoms with van der Waals surface area (Å²) >= 11 is 8.06. The zero-order valence-electron chi connectivity index (χ0n) is 12.7. The van der Waals surface area contributed by atoms with Gasteiger partial charge in [0.15, 0.2) is 11.7 Å². The summed E-state index contributed by atoms with van der Waals surface area (Å²) < 4.78 is 5.35. The van der Waals surface area contributed by atoms with E-state index in [1.165, 1.54) is 17.8 Å². The van der Waals surface area contributed by atoms with Crippen LogP contribution in [0.4, 0.5) is 5.13 Å². The van der Waals surface area contributed by atoms with Gasteiger partial charge in [-0.25, -0.2) is 4.98 Å². The number of anilines is 1. The summed E-state index contributed by atoms with van der Waals surface area (Å²) in [7, 11) is 0. The summed E-state index contributed by atoms with van der Waals surface area (Å²) in [5.74, 6) is 0.473. The number of hydrogen-bond donors (Lipinski definition) is 1. The van der Waals surface area contributed by atoms with Gasteiger partial charge < -0.3 is 4.74 Å². The summed E-state index contributed by atoms with van der Waals surface area (Å²) in [6.45, 7) is -0.259. The molecule has 4 bridgehead atoms. The van der Waals surface area contributed by atoms with E-state index < -0.39 is 5.41 Å². The highest BCUT2D eigenvalue weighted by Crippen LogP contribution is 2.64. The highest BCUT2D eigenvalue weighted by molar-refractivity contribution is 7.13. The fraction of sp³-hybridized carbons (Fsp3) is 0.688. The Morgan fingerprint density at radius 1 is 1.35 bits per heavy atom.